The topological polar surface area (TPSA) is 71.5 Å². The maximum absolute atomic E-state index is 12.5. The summed E-state index contributed by atoms with van der Waals surface area (Å²) in [5.41, 5.74) is 1.29. The number of morpholine rings is 1. The molecule has 1 aromatic carbocycles. The summed E-state index contributed by atoms with van der Waals surface area (Å²) in [6.07, 6.45) is 1.47. The molecule has 0 unspecified atom stereocenters. The fourth-order valence-electron chi connectivity index (χ4n) is 2.39. The Morgan fingerprint density at radius 2 is 1.92 bits per heavy atom. The quantitative estimate of drug-likeness (QED) is 0.875. The van der Waals surface area contributed by atoms with E-state index in [0.717, 1.165) is 4.47 Å². The van der Waals surface area contributed by atoms with Gasteiger partial charge in [0, 0.05) is 29.3 Å². The van der Waals surface area contributed by atoms with Crippen LogP contribution >= 0.6 is 15.9 Å². The van der Waals surface area contributed by atoms with Gasteiger partial charge in [-0.15, -0.1) is 0 Å². The van der Waals surface area contributed by atoms with Crippen LogP contribution in [0.1, 0.15) is 20.8 Å². The number of amides is 2. The Balaban J connectivity index is 1.76. The predicted octanol–water partition coefficient (Wildman–Crippen LogP) is 2.57. The number of hydrogen-bond acceptors (Lipinski definition) is 4. The molecule has 3 rings (SSSR count). The van der Waals surface area contributed by atoms with Gasteiger partial charge in [-0.25, -0.2) is 0 Å². The van der Waals surface area contributed by atoms with Crippen molar-refractivity contribution in [2.45, 2.75) is 0 Å². The van der Waals surface area contributed by atoms with Gasteiger partial charge < -0.3 is 15.0 Å². The van der Waals surface area contributed by atoms with Gasteiger partial charge in [-0.05, 0) is 40.2 Å². The fourth-order valence-corrected chi connectivity index (χ4v) is 2.77. The summed E-state index contributed by atoms with van der Waals surface area (Å²) in [6.45, 7) is 2.18. The summed E-state index contributed by atoms with van der Waals surface area (Å²) in [6, 6.07) is 10.4. The summed E-state index contributed by atoms with van der Waals surface area (Å²) in [5.74, 6) is -0.478. The fraction of sp³-hybridized carbons (Fsp3) is 0.235. The van der Waals surface area contributed by atoms with Crippen LogP contribution in [-0.4, -0.2) is 48.0 Å². The van der Waals surface area contributed by atoms with E-state index in [1.807, 2.05) is 18.2 Å². The Hall–Kier alpha value is -2.25. The Morgan fingerprint density at radius 1 is 1.17 bits per heavy atom. The maximum Gasteiger partial charge on any atom is 0.274 e. The largest absolute Gasteiger partial charge is 0.378 e. The first-order valence-electron chi connectivity index (χ1n) is 7.54. The highest BCUT2D eigenvalue weighted by Crippen LogP contribution is 2.21. The molecule has 0 bridgehead atoms. The molecule has 0 radical (unpaired) electrons. The van der Waals surface area contributed by atoms with Crippen LogP contribution in [-0.2, 0) is 4.74 Å². The number of benzene rings is 1. The third-order valence-electron chi connectivity index (χ3n) is 3.66. The summed E-state index contributed by atoms with van der Waals surface area (Å²) >= 11 is 3.38. The normalized spacial score (nSPS) is 14.3. The lowest BCUT2D eigenvalue weighted by atomic mass is 10.2. The van der Waals surface area contributed by atoms with Crippen molar-refractivity contribution < 1.29 is 14.3 Å². The second-order valence-electron chi connectivity index (χ2n) is 5.27. The minimum atomic E-state index is -0.362. The van der Waals surface area contributed by atoms with Crippen molar-refractivity contribution in [3.63, 3.8) is 0 Å². The zero-order chi connectivity index (χ0) is 16.9. The molecule has 0 atom stereocenters. The molecular formula is C17H16BrN3O3. The molecule has 1 aliphatic rings. The van der Waals surface area contributed by atoms with Crippen LogP contribution in [0.3, 0.4) is 0 Å². The number of aromatic nitrogens is 1. The van der Waals surface area contributed by atoms with Crippen molar-refractivity contribution >= 4 is 33.4 Å². The second kappa shape index (κ2) is 7.55. The standard InChI is InChI=1S/C17H16BrN3O3/c18-13-3-1-2-4-14(13)20-16(22)15-11-12(5-6-19-15)17(23)21-7-9-24-10-8-21/h1-6,11H,7-10H2,(H,20,22). The number of carbonyl (C=O) groups excluding carboxylic acids is 2. The number of ether oxygens (including phenoxy) is 1. The molecular weight excluding hydrogens is 374 g/mol. The van der Waals surface area contributed by atoms with Crippen LogP contribution in [0, 0.1) is 0 Å². The monoisotopic (exact) mass is 389 g/mol. The van der Waals surface area contributed by atoms with Crippen LogP contribution in [0.4, 0.5) is 5.69 Å². The molecule has 1 N–H and O–H groups in total. The van der Waals surface area contributed by atoms with E-state index < -0.39 is 0 Å². The molecule has 1 aromatic heterocycles. The molecule has 0 spiro atoms. The molecule has 124 valence electrons. The summed E-state index contributed by atoms with van der Waals surface area (Å²) in [4.78, 5) is 30.7. The average Bonchev–Trinajstić information content (AvgIpc) is 2.64. The molecule has 1 saturated heterocycles. The van der Waals surface area contributed by atoms with Crippen LogP contribution in [0.2, 0.25) is 0 Å². The number of nitrogens with one attached hydrogen (secondary N) is 1. The zero-order valence-corrected chi connectivity index (χ0v) is 14.5. The third-order valence-corrected chi connectivity index (χ3v) is 4.35. The molecule has 1 aliphatic heterocycles. The molecule has 0 saturated carbocycles. The highest BCUT2D eigenvalue weighted by molar-refractivity contribution is 9.10. The molecule has 2 heterocycles. The van der Waals surface area contributed by atoms with Gasteiger partial charge in [0.2, 0.25) is 0 Å². The first-order chi connectivity index (χ1) is 11.6. The van der Waals surface area contributed by atoms with Crippen molar-refractivity contribution in [2.24, 2.45) is 0 Å². The lowest BCUT2D eigenvalue weighted by Gasteiger charge is -2.26. The van der Waals surface area contributed by atoms with E-state index in [1.165, 1.54) is 12.3 Å². The average molecular weight is 390 g/mol. The predicted molar refractivity (Wildman–Crippen MR) is 93.1 cm³/mol. The second-order valence-corrected chi connectivity index (χ2v) is 6.12. The van der Waals surface area contributed by atoms with Crippen LogP contribution in [0.25, 0.3) is 0 Å². The van der Waals surface area contributed by atoms with Crippen LogP contribution in [0.5, 0.6) is 0 Å². The van der Waals surface area contributed by atoms with E-state index in [1.54, 1.807) is 17.0 Å². The molecule has 1 fully saturated rings. The van der Waals surface area contributed by atoms with Gasteiger partial charge in [0.15, 0.2) is 0 Å². The van der Waals surface area contributed by atoms with E-state index in [2.05, 4.69) is 26.2 Å². The number of anilines is 1. The Labute approximate surface area is 148 Å². The highest BCUT2D eigenvalue weighted by atomic mass is 79.9. The Bertz CT molecular complexity index is 760. The van der Waals surface area contributed by atoms with Gasteiger partial charge in [-0.3, -0.25) is 14.6 Å². The summed E-state index contributed by atoms with van der Waals surface area (Å²) in [7, 11) is 0. The van der Waals surface area contributed by atoms with E-state index in [0.29, 0.717) is 37.6 Å². The number of pyridine rings is 1. The van der Waals surface area contributed by atoms with Gasteiger partial charge in [0.05, 0.1) is 18.9 Å². The van der Waals surface area contributed by atoms with Crippen molar-refractivity contribution in [3.05, 3.63) is 58.3 Å². The summed E-state index contributed by atoms with van der Waals surface area (Å²) in [5, 5.41) is 2.78. The van der Waals surface area contributed by atoms with E-state index in [4.69, 9.17) is 4.74 Å². The minimum Gasteiger partial charge on any atom is -0.378 e. The molecule has 2 aromatic rings. The number of para-hydroxylation sites is 1. The van der Waals surface area contributed by atoms with E-state index in [-0.39, 0.29) is 17.5 Å². The van der Waals surface area contributed by atoms with Crippen molar-refractivity contribution in [1.82, 2.24) is 9.88 Å². The lowest BCUT2D eigenvalue weighted by molar-refractivity contribution is 0.0303. The van der Waals surface area contributed by atoms with E-state index in [9.17, 15) is 9.59 Å². The maximum atomic E-state index is 12.5. The Morgan fingerprint density at radius 3 is 2.67 bits per heavy atom. The third kappa shape index (κ3) is 3.80. The first kappa shape index (κ1) is 16.6. The van der Waals surface area contributed by atoms with Crippen LogP contribution < -0.4 is 5.32 Å². The van der Waals surface area contributed by atoms with Gasteiger partial charge >= 0.3 is 0 Å². The molecule has 2 amide bonds. The lowest BCUT2D eigenvalue weighted by Crippen LogP contribution is -2.40. The Kier molecular flexibility index (Phi) is 5.22. The van der Waals surface area contributed by atoms with Crippen molar-refractivity contribution in [3.8, 4) is 0 Å². The molecule has 7 heteroatoms. The smallest absolute Gasteiger partial charge is 0.274 e. The number of hydrogen-bond donors (Lipinski definition) is 1. The summed E-state index contributed by atoms with van der Waals surface area (Å²) < 4.78 is 6.03. The van der Waals surface area contributed by atoms with Gasteiger partial charge in [0.25, 0.3) is 11.8 Å². The minimum absolute atomic E-state index is 0.115. The number of rotatable bonds is 3. The van der Waals surface area contributed by atoms with Crippen molar-refractivity contribution in [2.75, 3.05) is 31.6 Å². The number of carbonyl (C=O) groups is 2. The zero-order valence-electron chi connectivity index (χ0n) is 12.9. The SMILES string of the molecule is O=C(Nc1ccccc1Br)c1cc(C(=O)N2CCOCC2)ccn1. The van der Waals surface area contributed by atoms with Gasteiger partial charge in [-0.2, -0.15) is 0 Å². The van der Waals surface area contributed by atoms with Crippen molar-refractivity contribution in [1.29, 1.82) is 0 Å². The van der Waals surface area contributed by atoms with Gasteiger partial charge in [0.1, 0.15) is 5.69 Å². The molecule has 0 aliphatic carbocycles. The molecule has 24 heavy (non-hydrogen) atoms. The number of nitrogens with zero attached hydrogens (tertiary/aromatic N) is 2. The molecule has 6 nitrogen and oxygen atoms in total. The van der Waals surface area contributed by atoms with Crippen LogP contribution in [0.15, 0.2) is 47.1 Å². The van der Waals surface area contributed by atoms with E-state index >= 15 is 0 Å². The highest BCUT2D eigenvalue weighted by Gasteiger charge is 2.20. The number of halogens is 1. The first-order valence-corrected chi connectivity index (χ1v) is 8.33. The van der Waals surface area contributed by atoms with Gasteiger partial charge in [-0.1, -0.05) is 12.1 Å².